The van der Waals surface area contributed by atoms with Gasteiger partial charge in [-0.1, -0.05) is 43.8 Å². The zero-order chi connectivity index (χ0) is 20.8. The minimum atomic E-state index is -0.390. The molecule has 7 heteroatoms. The number of ether oxygens (including phenoxy) is 1. The molecule has 0 radical (unpaired) electrons. The summed E-state index contributed by atoms with van der Waals surface area (Å²) in [5.74, 6) is 0.460. The number of pyridine rings is 1. The molecule has 2 aromatic heterocycles. The van der Waals surface area contributed by atoms with Gasteiger partial charge in [-0.05, 0) is 49.9 Å². The summed E-state index contributed by atoms with van der Waals surface area (Å²) in [5, 5.41) is 9.19. The van der Waals surface area contributed by atoms with E-state index in [1.165, 1.54) is 22.9 Å². The maximum absolute atomic E-state index is 12.2. The lowest BCUT2D eigenvalue weighted by atomic mass is 10.0. The lowest BCUT2D eigenvalue weighted by Gasteiger charge is -2.18. The fourth-order valence-electron chi connectivity index (χ4n) is 3.20. The van der Waals surface area contributed by atoms with E-state index in [0.717, 1.165) is 24.1 Å². The molecule has 0 aliphatic carbocycles. The lowest BCUT2D eigenvalue weighted by molar-refractivity contribution is -0.142. The number of benzene rings is 1. The normalized spacial score (nSPS) is 12.0. The first-order valence-electron chi connectivity index (χ1n) is 9.90. The van der Waals surface area contributed by atoms with E-state index < -0.39 is 5.25 Å². The maximum atomic E-state index is 12.2. The molecule has 1 aromatic carbocycles. The first-order valence-corrected chi connectivity index (χ1v) is 10.8. The zero-order valence-electron chi connectivity index (χ0n) is 17.3. The Labute approximate surface area is 175 Å². The molecule has 0 bridgehead atoms. The van der Waals surface area contributed by atoms with Crippen molar-refractivity contribution < 1.29 is 9.53 Å². The Morgan fingerprint density at radius 2 is 1.83 bits per heavy atom. The second kappa shape index (κ2) is 9.69. The van der Waals surface area contributed by atoms with Crippen molar-refractivity contribution in [3.63, 3.8) is 0 Å². The number of nitrogens with zero attached hydrogens (tertiary/aromatic N) is 4. The highest BCUT2D eigenvalue weighted by molar-refractivity contribution is 8.00. The van der Waals surface area contributed by atoms with Gasteiger partial charge in [0.1, 0.15) is 5.25 Å². The molecule has 3 rings (SSSR count). The van der Waals surface area contributed by atoms with Gasteiger partial charge in [0.2, 0.25) is 0 Å². The van der Waals surface area contributed by atoms with Gasteiger partial charge in [-0.15, -0.1) is 10.2 Å². The molecule has 29 heavy (non-hydrogen) atoms. The first-order chi connectivity index (χ1) is 14.1. The van der Waals surface area contributed by atoms with Crippen LogP contribution in [-0.4, -0.2) is 37.6 Å². The van der Waals surface area contributed by atoms with Crippen LogP contribution in [0.25, 0.3) is 17.1 Å². The minimum absolute atomic E-state index is 0.255. The molecule has 152 valence electrons. The van der Waals surface area contributed by atoms with Crippen LogP contribution in [0.1, 0.15) is 38.8 Å². The standard InChI is InChI=1S/C22H26N4O2S/c1-5-16-10-8-11-17(6-2)19(16)26-20(18-12-9-13-23-14-18)24-25-22(26)29-15(4)21(27)28-7-3/h8-15H,5-7H2,1-4H3. The zero-order valence-corrected chi connectivity index (χ0v) is 18.1. The van der Waals surface area contributed by atoms with Crippen molar-refractivity contribution in [2.24, 2.45) is 0 Å². The van der Waals surface area contributed by atoms with E-state index in [2.05, 4.69) is 51.8 Å². The molecule has 1 atom stereocenters. The number of hydrogen-bond acceptors (Lipinski definition) is 6. The first kappa shape index (κ1) is 21.0. The van der Waals surface area contributed by atoms with E-state index in [0.29, 0.717) is 17.6 Å². The molecule has 0 fully saturated rings. The van der Waals surface area contributed by atoms with Crippen LogP contribution in [0.3, 0.4) is 0 Å². The van der Waals surface area contributed by atoms with Gasteiger partial charge < -0.3 is 4.74 Å². The van der Waals surface area contributed by atoms with E-state index in [4.69, 9.17) is 4.74 Å². The Hall–Kier alpha value is -2.67. The molecule has 0 aliphatic rings. The summed E-state index contributed by atoms with van der Waals surface area (Å²) in [6.07, 6.45) is 5.28. The van der Waals surface area contributed by atoms with Crippen LogP contribution in [-0.2, 0) is 22.4 Å². The molecule has 2 heterocycles. The summed E-state index contributed by atoms with van der Waals surface area (Å²) in [5.41, 5.74) is 4.38. The fraction of sp³-hybridized carbons (Fsp3) is 0.364. The predicted octanol–water partition coefficient (Wildman–Crippen LogP) is 4.50. The molecular formula is C22H26N4O2S. The number of carbonyl (C=O) groups excluding carboxylic acids is 1. The van der Waals surface area contributed by atoms with Crippen molar-refractivity contribution in [2.75, 3.05) is 6.61 Å². The number of para-hydroxylation sites is 1. The largest absolute Gasteiger partial charge is 0.465 e. The highest BCUT2D eigenvalue weighted by Gasteiger charge is 2.24. The molecule has 0 amide bonds. The molecule has 0 spiro atoms. The molecule has 0 N–H and O–H groups in total. The monoisotopic (exact) mass is 410 g/mol. The Bertz CT molecular complexity index is 950. The van der Waals surface area contributed by atoms with Gasteiger partial charge >= 0.3 is 5.97 Å². The quantitative estimate of drug-likeness (QED) is 0.402. The average Bonchev–Trinajstić information content (AvgIpc) is 3.16. The fourth-order valence-corrected chi connectivity index (χ4v) is 4.05. The number of rotatable bonds is 8. The Morgan fingerprint density at radius 1 is 1.10 bits per heavy atom. The second-order valence-electron chi connectivity index (χ2n) is 6.53. The maximum Gasteiger partial charge on any atom is 0.319 e. The number of carbonyl (C=O) groups is 1. The number of hydrogen-bond donors (Lipinski definition) is 0. The third-order valence-corrected chi connectivity index (χ3v) is 5.66. The van der Waals surface area contributed by atoms with Gasteiger partial charge in [0.25, 0.3) is 0 Å². The molecular weight excluding hydrogens is 384 g/mol. The van der Waals surface area contributed by atoms with Gasteiger partial charge in [0, 0.05) is 18.0 Å². The van der Waals surface area contributed by atoms with Crippen molar-refractivity contribution in [2.45, 2.75) is 50.9 Å². The highest BCUT2D eigenvalue weighted by atomic mass is 32.2. The predicted molar refractivity (Wildman–Crippen MR) is 115 cm³/mol. The van der Waals surface area contributed by atoms with Crippen LogP contribution in [0.2, 0.25) is 0 Å². The Morgan fingerprint density at radius 3 is 2.41 bits per heavy atom. The smallest absolute Gasteiger partial charge is 0.319 e. The van der Waals surface area contributed by atoms with E-state index in [9.17, 15) is 4.79 Å². The third kappa shape index (κ3) is 4.50. The van der Waals surface area contributed by atoms with Gasteiger partial charge in [0.15, 0.2) is 11.0 Å². The van der Waals surface area contributed by atoms with E-state index in [1.54, 1.807) is 12.4 Å². The van der Waals surface area contributed by atoms with Gasteiger partial charge in [0.05, 0.1) is 12.3 Å². The average molecular weight is 411 g/mol. The summed E-state index contributed by atoms with van der Waals surface area (Å²) < 4.78 is 7.24. The third-order valence-electron chi connectivity index (χ3n) is 4.64. The van der Waals surface area contributed by atoms with Crippen molar-refractivity contribution in [1.82, 2.24) is 19.7 Å². The second-order valence-corrected chi connectivity index (χ2v) is 7.84. The van der Waals surface area contributed by atoms with Crippen molar-refractivity contribution in [3.8, 4) is 17.1 Å². The topological polar surface area (TPSA) is 69.9 Å². The van der Waals surface area contributed by atoms with Crippen molar-refractivity contribution in [1.29, 1.82) is 0 Å². The Kier molecular flexibility index (Phi) is 7.04. The van der Waals surface area contributed by atoms with Gasteiger partial charge in [-0.25, -0.2) is 0 Å². The molecule has 0 saturated carbocycles. The number of aryl methyl sites for hydroxylation is 2. The molecule has 3 aromatic rings. The van der Waals surface area contributed by atoms with Crippen LogP contribution >= 0.6 is 11.8 Å². The van der Waals surface area contributed by atoms with E-state index >= 15 is 0 Å². The lowest BCUT2D eigenvalue weighted by Crippen LogP contribution is -2.18. The molecule has 0 aliphatic heterocycles. The van der Waals surface area contributed by atoms with Crippen LogP contribution in [0, 0.1) is 0 Å². The van der Waals surface area contributed by atoms with Crippen LogP contribution in [0.15, 0.2) is 47.9 Å². The van der Waals surface area contributed by atoms with Gasteiger partial charge in [-0.3, -0.25) is 14.3 Å². The van der Waals surface area contributed by atoms with Gasteiger partial charge in [-0.2, -0.15) is 0 Å². The van der Waals surface area contributed by atoms with Crippen LogP contribution in [0.5, 0.6) is 0 Å². The molecule has 1 unspecified atom stereocenters. The summed E-state index contributed by atoms with van der Waals surface area (Å²) in [7, 11) is 0. The highest BCUT2D eigenvalue weighted by Crippen LogP contribution is 2.33. The van der Waals surface area contributed by atoms with Crippen molar-refractivity contribution in [3.05, 3.63) is 53.9 Å². The van der Waals surface area contributed by atoms with Crippen LogP contribution in [0.4, 0.5) is 0 Å². The van der Waals surface area contributed by atoms with E-state index in [1.807, 2.05) is 26.0 Å². The summed E-state index contributed by atoms with van der Waals surface area (Å²) >= 11 is 1.36. The van der Waals surface area contributed by atoms with Crippen LogP contribution < -0.4 is 0 Å². The SMILES string of the molecule is CCOC(=O)C(C)Sc1nnc(-c2cccnc2)n1-c1c(CC)cccc1CC. The Balaban J connectivity index is 2.18. The molecule has 0 saturated heterocycles. The summed E-state index contributed by atoms with van der Waals surface area (Å²) in [4.78, 5) is 16.4. The minimum Gasteiger partial charge on any atom is -0.465 e. The summed E-state index contributed by atoms with van der Waals surface area (Å²) in [6, 6.07) is 10.2. The van der Waals surface area contributed by atoms with Crippen molar-refractivity contribution >= 4 is 17.7 Å². The molecule has 6 nitrogen and oxygen atoms in total. The summed E-state index contributed by atoms with van der Waals surface area (Å²) in [6.45, 7) is 8.28. The number of thioether (sulfide) groups is 1. The number of aromatic nitrogens is 4. The van der Waals surface area contributed by atoms with E-state index in [-0.39, 0.29) is 5.97 Å². The number of esters is 1.